The van der Waals surface area contributed by atoms with Crippen molar-refractivity contribution in [2.75, 3.05) is 13.2 Å². The van der Waals surface area contributed by atoms with Gasteiger partial charge in [-0.3, -0.25) is 19.2 Å². The number of ketones is 1. The van der Waals surface area contributed by atoms with Crippen molar-refractivity contribution in [1.29, 1.82) is 0 Å². The van der Waals surface area contributed by atoms with E-state index in [4.69, 9.17) is 28.0 Å². The number of hydrogen-bond acceptors (Lipinski definition) is 4. The van der Waals surface area contributed by atoms with Gasteiger partial charge < -0.3 is 5.32 Å². The van der Waals surface area contributed by atoms with E-state index in [9.17, 15) is 31.9 Å². The molecule has 0 bridgehead atoms. The molecule has 2 amide bonds. The summed E-state index contributed by atoms with van der Waals surface area (Å²) in [5.41, 5.74) is -0.621. The Morgan fingerprint density at radius 2 is 1.81 bits per heavy atom. The van der Waals surface area contributed by atoms with Crippen LogP contribution in [0.5, 0.6) is 0 Å². The number of hydroxylamine groups is 2. The summed E-state index contributed by atoms with van der Waals surface area (Å²) >= 11 is 11.3. The minimum atomic E-state index is -4.79. The van der Waals surface area contributed by atoms with Gasteiger partial charge in [0.05, 0.1) is 15.6 Å². The van der Waals surface area contributed by atoms with Gasteiger partial charge in [-0.1, -0.05) is 35.3 Å². The van der Waals surface area contributed by atoms with E-state index in [1.54, 1.807) is 13.8 Å². The molecule has 2 aromatic rings. The van der Waals surface area contributed by atoms with Crippen molar-refractivity contribution >= 4 is 46.4 Å². The first-order valence-corrected chi connectivity index (χ1v) is 11.9. The first kappa shape index (κ1) is 28.6. The summed E-state index contributed by atoms with van der Waals surface area (Å²) in [6, 6.07) is 5.08. The number of hydrogen-bond donors (Lipinski definition) is 1. The number of allylic oxidation sites excluding steroid dienone is 2. The van der Waals surface area contributed by atoms with Crippen LogP contribution in [0.2, 0.25) is 10.0 Å². The Hall–Kier alpha value is -2.95. The van der Waals surface area contributed by atoms with Crippen LogP contribution in [0.25, 0.3) is 5.57 Å². The van der Waals surface area contributed by atoms with Gasteiger partial charge in [-0.25, -0.2) is 9.45 Å². The quantitative estimate of drug-likeness (QED) is 0.246. The lowest BCUT2D eigenvalue weighted by Gasteiger charge is -2.14. The molecule has 1 atom stereocenters. The van der Waals surface area contributed by atoms with Crippen LogP contribution in [0.1, 0.15) is 51.6 Å². The summed E-state index contributed by atoms with van der Waals surface area (Å²) in [5.74, 6) is -2.36. The number of nitrogens with zero attached hydrogens (tertiary/aromatic N) is 1. The standard InChI is InChI=1S/C25H22Cl2F4N2O4/c1-3-33-24(36)20(12-37-33)32-23(35)16-8-7-14(9-13(16)2)21(34)6-4-5-17(25(29,30)31)15-10-18(26)22(28)19(27)11-15/h5,7-11,20H,3-4,6,12H2,1-2H3,(H,32,35)/b17-5+/t20-/m1/s1. The largest absolute Gasteiger partial charge is 0.416 e. The van der Waals surface area contributed by atoms with Crippen molar-refractivity contribution < 1.29 is 36.8 Å². The van der Waals surface area contributed by atoms with Crippen molar-refractivity contribution in [3.05, 3.63) is 74.5 Å². The molecule has 0 saturated carbocycles. The number of likely N-dealkylation sites (N-methyl/N-ethyl adjacent to an activating group) is 1. The Bertz CT molecular complexity index is 1240. The number of benzene rings is 2. The second kappa shape index (κ2) is 11.6. The van der Waals surface area contributed by atoms with Crippen molar-refractivity contribution in [2.24, 2.45) is 0 Å². The third-order valence-corrected chi connectivity index (χ3v) is 6.20. The van der Waals surface area contributed by atoms with Crippen LogP contribution >= 0.6 is 23.2 Å². The van der Waals surface area contributed by atoms with Crippen LogP contribution in [0, 0.1) is 12.7 Å². The highest BCUT2D eigenvalue weighted by atomic mass is 35.5. The predicted octanol–water partition coefficient (Wildman–Crippen LogP) is 5.94. The van der Waals surface area contributed by atoms with Crippen LogP contribution in [0.3, 0.4) is 0 Å². The van der Waals surface area contributed by atoms with Crippen LogP contribution < -0.4 is 5.32 Å². The molecule has 6 nitrogen and oxygen atoms in total. The first-order valence-electron chi connectivity index (χ1n) is 11.1. The van der Waals surface area contributed by atoms with Gasteiger partial charge in [-0.15, -0.1) is 0 Å². The lowest BCUT2D eigenvalue weighted by Crippen LogP contribution is -2.42. The predicted molar refractivity (Wildman–Crippen MR) is 130 cm³/mol. The molecular weight excluding hydrogens is 539 g/mol. The Morgan fingerprint density at radius 3 is 2.35 bits per heavy atom. The molecule has 0 spiro atoms. The van der Waals surface area contributed by atoms with Crippen molar-refractivity contribution in [3.8, 4) is 0 Å². The molecule has 0 aromatic heterocycles. The van der Waals surface area contributed by atoms with E-state index in [1.807, 2.05) is 0 Å². The normalized spacial score (nSPS) is 16.3. The van der Waals surface area contributed by atoms with Crippen molar-refractivity contribution in [3.63, 3.8) is 0 Å². The number of aryl methyl sites for hydroxylation is 1. The topological polar surface area (TPSA) is 75.7 Å². The molecule has 12 heteroatoms. The average Bonchev–Trinajstić information content (AvgIpc) is 3.17. The van der Waals surface area contributed by atoms with Crippen LogP contribution in [0.15, 0.2) is 36.4 Å². The average molecular weight is 561 g/mol. The first-order chi connectivity index (χ1) is 17.3. The monoisotopic (exact) mass is 560 g/mol. The van der Waals surface area contributed by atoms with Crippen LogP contribution in [-0.2, 0) is 9.63 Å². The van der Waals surface area contributed by atoms with E-state index in [0.29, 0.717) is 12.1 Å². The summed E-state index contributed by atoms with van der Waals surface area (Å²) in [4.78, 5) is 42.5. The van der Waals surface area contributed by atoms with Gasteiger partial charge in [0.15, 0.2) is 11.6 Å². The van der Waals surface area contributed by atoms with Gasteiger partial charge >= 0.3 is 6.18 Å². The minimum Gasteiger partial charge on any atom is -0.338 e. The number of alkyl halides is 3. The van der Waals surface area contributed by atoms with E-state index in [1.165, 1.54) is 18.2 Å². The number of carbonyl (C=O) groups is 3. The number of nitrogens with one attached hydrogen (secondary N) is 1. The number of halogens is 6. The molecule has 1 aliphatic rings. The van der Waals surface area contributed by atoms with Gasteiger partial charge in [0, 0.05) is 24.1 Å². The Kier molecular flexibility index (Phi) is 8.99. The van der Waals surface area contributed by atoms with Gasteiger partial charge in [0.1, 0.15) is 12.6 Å². The van der Waals surface area contributed by atoms with E-state index < -0.39 is 50.9 Å². The highest BCUT2D eigenvalue weighted by Crippen LogP contribution is 2.37. The number of carbonyl (C=O) groups excluding carboxylic acids is 3. The summed E-state index contributed by atoms with van der Waals surface area (Å²) in [7, 11) is 0. The smallest absolute Gasteiger partial charge is 0.338 e. The zero-order valence-electron chi connectivity index (χ0n) is 19.7. The van der Waals surface area contributed by atoms with Gasteiger partial charge in [-0.05, 0) is 55.7 Å². The molecule has 0 unspecified atom stereocenters. The van der Waals surface area contributed by atoms with Crippen LogP contribution in [0.4, 0.5) is 17.6 Å². The van der Waals surface area contributed by atoms with Gasteiger partial charge in [0.25, 0.3) is 11.8 Å². The molecule has 2 aromatic carbocycles. The Morgan fingerprint density at radius 1 is 1.16 bits per heavy atom. The van der Waals surface area contributed by atoms with Crippen molar-refractivity contribution in [2.45, 2.75) is 38.9 Å². The number of Topliss-reactive ketones (excluding diaryl/α,β-unsaturated/α-hetero) is 1. The minimum absolute atomic E-state index is 0.0117. The Labute approximate surface area is 220 Å². The number of rotatable bonds is 8. The van der Waals surface area contributed by atoms with E-state index >= 15 is 0 Å². The molecular formula is C25H22Cl2F4N2O4. The lowest BCUT2D eigenvalue weighted by molar-refractivity contribution is -0.160. The van der Waals surface area contributed by atoms with Crippen molar-refractivity contribution in [1.82, 2.24) is 10.4 Å². The van der Waals surface area contributed by atoms with Crippen LogP contribution in [-0.4, -0.2) is 48.0 Å². The third kappa shape index (κ3) is 6.68. The zero-order chi connectivity index (χ0) is 27.5. The fourth-order valence-electron chi connectivity index (χ4n) is 3.75. The molecule has 3 rings (SSSR count). The fraction of sp³-hybridized carbons (Fsp3) is 0.320. The molecule has 1 heterocycles. The Balaban J connectivity index is 1.69. The van der Waals surface area contributed by atoms with Gasteiger partial charge in [0.2, 0.25) is 0 Å². The SMILES string of the molecule is CCN1OC[C@@H](NC(=O)c2ccc(C(=O)CC/C=C(\c3cc(Cl)c(F)c(Cl)c3)C(F)(F)F)cc2C)C1=O. The zero-order valence-corrected chi connectivity index (χ0v) is 21.2. The summed E-state index contributed by atoms with van der Waals surface area (Å²) in [5, 5.41) is 2.63. The van der Waals surface area contributed by atoms with Gasteiger partial charge in [-0.2, -0.15) is 13.2 Å². The molecule has 198 valence electrons. The molecule has 0 radical (unpaired) electrons. The second-order valence-electron chi connectivity index (χ2n) is 8.22. The molecule has 1 aliphatic heterocycles. The van der Waals surface area contributed by atoms with E-state index in [2.05, 4.69) is 5.32 Å². The number of amides is 2. The maximum Gasteiger partial charge on any atom is 0.416 e. The molecule has 37 heavy (non-hydrogen) atoms. The summed E-state index contributed by atoms with van der Waals surface area (Å²) in [6.45, 7) is 3.68. The molecule has 1 saturated heterocycles. The maximum absolute atomic E-state index is 13.6. The fourth-order valence-corrected chi connectivity index (χ4v) is 4.24. The summed E-state index contributed by atoms with van der Waals surface area (Å²) in [6.07, 6.45) is -4.49. The molecule has 0 aliphatic carbocycles. The second-order valence-corrected chi connectivity index (χ2v) is 9.03. The maximum atomic E-state index is 13.6. The van der Waals surface area contributed by atoms with E-state index in [-0.39, 0.29) is 36.5 Å². The highest BCUT2D eigenvalue weighted by Gasteiger charge is 2.35. The molecule has 1 fully saturated rings. The lowest BCUT2D eigenvalue weighted by atomic mass is 9.98. The molecule has 1 N–H and O–H groups in total. The van der Waals surface area contributed by atoms with E-state index in [0.717, 1.165) is 23.3 Å². The third-order valence-electron chi connectivity index (χ3n) is 5.65. The highest BCUT2D eigenvalue weighted by molar-refractivity contribution is 6.35. The summed E-state index contributed by atoms with van der Waals surface area (Å²) < 4.78 is 54.4.